The molecule has 1 N–H and O–H groups in total. The Hall–Kier alpha value is -4.26. The molecule has 0 spiro atoms. The van der Waals surface area contributed by atoms with Crippen molar-refractivity contribution in [3.8, 4) is 17.2 Å². The monoisotopic (exact) mass is 430 g/mol. The summed E-state index contributed by atoms with van der Waals surface area (Å²) < 4.78 is 15.8. The molecule has 3 aromatic rings. The van der Waals surface area contributed by atoms with Crippen LogP contribution in [0.5, 0.6) is 17.2 Å². The topological polar surface area (TPSA) is 77.1 Å². The summed E-state index contributed by atoms with van der Waals surface area (Å²) in [6, 6.07) is 21.0. The average Bonchev–Trinajstić information content (AvgIpc) is 3.08. The Kier molecular flexibility index (Phi) is 5.81. The van der Waals surface area contributed by atoms with Crippen LogP contribution in [0.1, 0.15) is 5.56 Å². The van der Waals surface area contributed by atoms with E-state index < -0.39 is 11.8 Å². The number of anilines is 2. The largest absolute Gasteiger partial charge is 0.497 e. The van der Waals surface area contributed by atoms with Crippen molar-refractivity contribution >= 4 is 28.8 Å². The van der Waals surface area contributed by atoms with Crippen LogP contribution in [0.3, 0.4) is 0 Å². The number of nitrogens with zero attached hydrogens (tertiary/aromatic N) is 1. The van der Waals surface area contributed by atoms with Crippen molar-refractivity contribution in [2.45, 2.75) is 0 Å². The molecule has 1 heterocycles. The van der Waals surface area contributed by atoms with Gasteiger partial charge in [0.25, 0.3) is 11.8 Å². The fourth-order valence-corrected chi connectivity index (χ4v) is 3.51. The molecule has 0 saturated carbocycles. The summed E-state index contributed by atoms with van der Waals surface area (Å²) in [5, 5.41) is 3.12. The van der Waals surface area contributed by atoms with Gasteiger partial charge in [0.2, 0.25) is 0 Å². The molecule has 0 unspecified atom stereocenters. The molecule has 1 aliphatic heterocycles. The fraction of sp³-hybridized carbons (Fsp3) is 0.120. The molecule has 0 aliphatic carbocycles. The van der Waals surface area contributed by atoms with Crippen molar-refractivity contribution in [3.05, 3.63) is 84.1 Å². The van der Waals surface area contributed by atoms with Gasteiger partial charge in [-0.15, -0.1) is 0 Å². The van der Waals surface area contributed by atoms with Crippen molar-refractivity contribution in [1.29, 1.82) is 0 Å². The number of amides is 2. The van der Waals surface area contributed by atoms with Crippen LogP contribution in [0.2, 0.25) is 0 Å². The maximum Gasteiger partial charge on any atom is 0.282 e. The highest BCUT2D eigenvalue weighted by atomic mass is 16.5. The molecule has 4 rings (SSSR count). The molecular formula is C25H22N2O5. The zero-order valence-electron chi connectivity index (χ0n) is 17.9. The van der Waals surface area contributed by atoms with E-state index in [1.165, 1.54) is 0 Å². The number of nitrogens with one attached hydrogen (secondary N) is 1. The van der Waals surface area contributed by atoms with E-state index in [4.69, 9.17) is 14.2 Å². The summed E-state index contributed by atoms with van der Waals surface area (Å²) in [5.41, 5.74) is 2.11. The molecule has 162 valence electrons. The highest BCUT2D eigenvalue weighted by molar-refractivity contribution is 6.46. The Labute approximate surface area is 185 Å². The number of hydrogen-bond donors (Lipinski definition) is 1. The summed E-state index contributed by atoms with van der Waals surface area (Å²) in [6.07, 6.45) is 0. The van der Waals surface area contributed by atoms with Crippen LogP contribution in [0.4, 0.5) is 11.4 Å². The highest BCUT2D eigenvalue weighted by Gasteiger charge is 2.40. The molecule has 0 fully saturated rings. The Morgan fingerprint density at radius 1 is 0.688 bits per heavy atom. The van der Waals surface area contributed by atoms with Gasteiger partial charge in [-0.25, -0.2) is 4.90 Å². The van der Waals surface area contributed by atoms with E-state index in [9.17, 15) is 9.59 Å². The van der Waals surface area contributed by atoms with Gasteiger partial charge in [-0.1, -0.05) is 30.3 Å². The van der Waals surface area contributed by atoms with Gasteiger partial charge in [-0.3, -0.25) is 9.59 Å². The van der Waals surface area contributed by atoms with E-state index in [-0.39, 0.29) is 11.3 Å². The van der Waals surface area contributed by atoms with Gasteiger partial charge in [-0.2, -0.15) is 0 Å². The van der Waals surface area contributed by atoms with Crippen LogP contribution in [0.25, 0.3) is 5.57 Å². The molecule has 3 aromatic carbocycles. The normalized spacial score (nSPS) is 13.4. The minimum Gasteiger partial charge on any atom is -0.497 e. The van der Waals surface area contributed by atoms with Crippen LogP contribution in [0.15, 0.2) is 78.5 Å². The van der Waals surface area contributed by atoms with Gasteiger partial charge in [-0.05, 0) is 29.8 Å². The summed E-state index contributed by atoms with van der Waals surface area (Å²) >= 11 is 0. The van der Waals surface area contributed by atoms with Crippen molar-refractivity contribution in [3.63, 3.8) is 0 Å². The van der Waals surface area contributed by atoms with Gasteiger partial charge < -0.3 is 19.5 Å². The number of methoxy groups -OCH3 is 3. The first-order valence-corrected chi connectivity index (χ1v) is 9.88. The quantitative estimate of drug-likeness (QED) is 0.569. The molecule has 0 aromatic heterocycles. The predicted octanol–water partition coefficient (Wildman–Crippen LogP) is 4.11. The first-order chi connectivity index (χ1) is 15.5. The number of ether oxygens (including phenoxy) is 3. The number of benzene rings is 3. The summed E-state index contributed by atoms with van der Waals surface area (Å²) in [5.74, 6) is 0.866. The first-order valence-electron chi connectivity index (χ1n) is 9.88. The summed E-state index contributed by atoms with van der Waals surface area (Å²) in [7, 11) is 4.65. The zero-order valence-corrected chi connectivity index (χ0v) is 17.9. The second-order valence-electron chi connectivity index (χ2n) is 6.99. The minimum atomic E-state index is -0.458. The Morgan fingerprint density at radius 3 is 1.84 bits per heavy atom. The smallest absolute Gasteiger partial charge is 0.282 e. The lowest BCUT2D eigenvalue weighted by Crippen LogP contribution is -2.32. The van der Waals surface area contributed by atoms with Crippen molar-refractivity contribution in [1.82, 2.24) is 0 Å². The molecule has 0 bridgehead atoms. The number of carbonyl (C=O) groups is 2. The van der Waals surface area contributed by atoms with E-state index in [1.807, 2.05) is 18.2 Å². The van der Waals surface area contributed by atoms with Gasteiger partial charge in [0.05, 0.1) is 32.6 Å². The second-order valence-corrected chi connectivity index (χ2v) is 6.99. The fourth-order valence-electron chi connectivity index (χ4n) is 3.51. The standard InChI is InChI=1S/C25H22N2O5/c1-30-19-11-9-18(10-12-19)27-24(28)22(16-7-5-4-6-8-16)23(25(27)29)26-17-13-20(31-2)15-21(14-17)32-3/h4-15,26H,1-3H3. The summed E-state index contributed by atoms with van der Waals surface area (Å²) in [6.45, 7) is 0. The number of imide groups is 1. The van der Waals surface area contributed by atoms with Gasteiger partial charge in [0.15, 0.2) is 0 Å². The third-order valence-electron chi connectivity index (χ3n) is 5.10. The predicted molar refractivity (Wildman–Crippen MR) is 122 cm³/mol. The van der Waals surface area contributed by atoms with Gasteiger partial charge in [0, 0.05) is 23.9 Å². The second kappa shape index (κ2) is 8.85. The van der Waals surface area contributed by atoms with Crippen molar-refractivity contribution in [2.24, 2.45) is 0 Å². The van der Waals surface area contributed by atoms with Crippen LogP contribution >= 0.6 is 0 Å². The maximum atomic E-state index is 13.5. The maximum absolute atomic E-state index is 13.5. The molecule has 7 heteroatoms. The van der Waals surface area contributed by atoms with Crippen LogP contribution in [-0.2, 0) is 9.59 Å². The van der Waals surface area contributed by atoms with Crippen LogP contribution < -0.4 is 24.4 Å². The molecule has 7 nitrogen and oxygen atoms in total. The zero-order chi connectivity index (χ0) is 22.7. The Morgan fingerprint density at radius 2 is 1.28 bits per heavy atom. The highest BCUT2D eigenvalue weighted by Crippen LogP contribution is 2.35. The third kappa shape index (κ3) is 3.88. The van der Waals surface area contributed by atoms with E-state index in [0.29, 0.717) is 34.2 Å². The lowest BCUT2D eigenvalue weighted by atomic mass is 10.0. The Balaban J connectivity index is 1.79. The van der Waals surface area contributed by atoms with E-state index in [0.717, 1.165) is 4.90 Å². The minimum absolute atomic E-state index is 0.173. The molecule has 2 amide bonds. The molecule has 1 aliphatic rings. The lowest BCUT2D eigenvalue weighted by molar-refractivity contribution is -0.120. The third-order valence-corrected chi connectivity index (χ3v) is 5.10. The van der Waals surface area contributed by atoms with Gasteiger partial charge >= 0.3 is 0 Å². The lowest BCUT2D eigenvalue weighted by Gasteiger charge is -2.16. The van der Waals surface area contributed by atoms with Crippen molar-refractivity contribution < 1.29 is 23.8 Å². The Bertz CT molecular complexity index is 1160. The summed E-state index contributed by atoms with van der Waals surface area (Å²) in [4.78, 5) is 28.1. The number of hydrogen-bond acceptors (Lipinski definition) is 6. The number of rotatable bonds is 7. The van der Waals surface area contributed by atoms with Crippen molar-refractivity contribution in [2.75, 3.05) is 31.5 Å². The van der Waals surface area contributed by atoms with Crippen LogP contribution in [0, 0.1) is 0 Å². The SMILES string of the molecule is COc1ccc(N2C(=O)C(Nc3cc(OC)cc(OC)c3)=C(c3ccccc3)C2=O)cc1. The van der Waals surface area contributed by atoms with E-state index in [2.05, 4.69) is 5.32 Å². The molecule has 0 saturated heterocycles. The molecule has 32 heavy (non-hydrogen) atoms. The van der Waals surface area contributed by atoms with Crippen LogP contribution in [-0.4, -0.2) is 33.1 Å². The molecule has 0 atom stereocenters. The molecular weight excluding hydrogens is 408 g/mol. The first kappa shape index (κ1) is 21.0. The average molecular weight is 430 g/mol. The molecule has 0 radical (unpaired) electrons. The van der Waals surface area contributed by atoms with E-state index in [1.54, 1.807) is 75.9 Å². The van der Waals surface area contributed by atoms with E-state index >= 15 is 0 Å². The number of carbonyl (C=O) groups excluding carboxylic acids is 2. The van der Waals surface area contributed by atoms with Gasteiger partial charge in [0.1, 0.15) is 22.9 Å².